The van der Waals surface area contributed by atoms with Gasteiger partial charge in [-0.3, -0.25) is 4.98 Å². The number of nitrogens with zero attached hydrogens (tertiary/aromatic N) is 3. The molecule has 4 aromatic rings. The zero-order chi connectivity index (χ0) is 27.6. The summed E-state index contributed by atoms with van der Waals surface area (Å²) in [6, 6.07) is 6.71. The molecule has 0 spiro atoms. The molecule has 12 heteroatoms. The monoisotopic (exact) mass is 532 g/mol. The second kappa shape index (κ2) is 10.9. The Kier molecular flexibility index (Phi) is 7.86. The molecule has 1 atom stereocenters. The van der Waals surface area contributed by atoms with Crippen molar-refractivity contribution in [2.45, 2.75) is 27.0 Å². The van der Waals surface area contributed by atoms with Gasteiger partial charge in [-0.2, -0.15) is 4.98 Å². The van der Waals surface area contributed by atoms with Crippen molar-refractivity contribution in [1.29, 1.82) is 0 Å². The molecule has 202 valence electrons. The van der Waals surface area contributed by atoms with Gasteiger partial charge in [0, 0.05) is 30.2 Å². The smallest absolute Gasteiger partial charge is 0.409 e. The number of aromatic nitrogens is 3. The minimum Gasteiger partial charge on any atom is -0.409 e. The van der Waals surface area contributed by atoms with E-state index in [1.165, 1.54) is 30.5 Å². The third-order valence-electron chi connectivity index (χ3n) is 5.88. The fourth-order valence-corrected chi connectivity index (χ4v) is 4.42. The lowest BCUT2D eigenvalue weighted by atomic mass is 9.99. The summed E-state index contributed by atoms with van der Waals surface area (Å²) >= 11 is 0. The number of fused-ring (bicyclic) bond motifs is 2. The largest absolute Gasteiger partial charge is 0.492 e. The average molecular weight is 533 g/mol. The van der Waals surface area contributed by atoms with Crippen LogP contribution in [0.1, 0.15) is 20.8 Å². The van der Waals surface area contributed by atoms with Crippen LogP contribution < -0.4 is 15.3 Å². The van der Waals surface area contributed by atoms with Crippen LogP contribution >= 0.6 is 0 Å². The summed E-state index contributed by atoms with van der Waals surface area (Å²) in [5.41, 5.74) is -1.28. The van der Waals surface area contributed by atoms with Gasteiger partial charge >= 0.3 is 11.9 Å². The highest BCUT2D eigenvalue weighted by atomic mass is 19.2. The van der Waals surface area contributed by atoms with Crippen molar-refractivity contribution in [3.05, 3.63) is 58.6 Å². The first-order valence-electron chi connectivity index (χ1n) is 12.1. The van der Waals surface area contributed by atoms with Crippen molar-refractivity contribution in [3.8, 4) is 17.0 Å². The summed E-state index contributed by atoms with van der Waals surface area (Å²) in [4.78, 5) is 24.9. The van der Waals surface area contributed by atoms with Crippen LogP contribution in [0, 0.1) is 17.6 Å². The van der Waals surface area contributed by atoms with E-state index >= 15 is 4.39 Å². The van der Waals surface area contributed by atoms with Crippen LogP contribution in [-0.4, -0.2) is 57.7 Å². The van der Waals surface area contributed by atoms with E-state index in [0.29, 0.717) is 26.3 Å². The molecule has 9 nitrogen and oxygen atoms in total. The van der Waals surface area contributed by atoms with Gasteiger partial charge in [-0.15, -0.1) is 4.39 Å². The molecule has 1 aliphatic heterocycles. The summed E-state index contributed by atoms with van der Waals surface area (Å²) in [6.45, 7) is 7.90. The first-order chi connectivity index (χ1) is 18.1. The zero-order valence-electron chi connectivity index (χ0n) is 21.0. The molecule has 1 unspecified atom stereocenters. The quantitative estimate of drug-likeness (QED) is 0.339. The average Bonchev–Trinajstić information content (AvgIpc) is 3.10. The maximum atomic E-state index is 15.9. The van der Waals surface area contributed by atoms with Gasteiger partial charge in [0.25, 0.3) is 0 Å². The molecule has 0 saturated carbocycles. The molecule has 1 fully saturated rings. The zero-order valence-corrected chi connectivity index (χ0v) is 21.0. The molecule has 2 aromatic heterocycles. The van der Waals surface area contributed by atoms with E-state index in [4.69, 9.17) is 14.9 Å². The number of pyridine rings is 1. The van der Waals surface area contributed by atoms with E-state index < -0.39 is 29.3 Å². The summed E-state index contributed by atoms with van der Waals surface area (Å²) in [7, 11) is 0. The molecule has 2 aromatic carbocycles. The van der Waals surface area contributed by atoms with Crippen molar-refractivity contribution in [1.82, 2.24) is 15.0 Å². The summed E-state index contributed by atoms with van der Waals surface area (Å²) in [5, 5.41) is 18.6. The SMILES string of the molecule is CC.CC1COCCN(c2nc(=O)[nH]c3c(F)c(-c4cccc5ccc(F)c(OC(O)(O)F)c45)ncc23)C1. The predicted molar refractivity (Wildman–Crippen MR) is 135 cm³/mol. The first-order valence-corrected chi connectivity index (χ1v) is 12.1. The highest BCUT2D eigenvalue weighted by Gasteiger charge is 2.29. The molecule has 5 rings (SSSR count). The molecule has 3 N–H and O–H groups in total. The van der Waals surface area contributed by atoms with Crippen molar-refractivity contribution in [2.24, 2.45) is 5.92 Å². The molecule has 3 heterocycles. The first kappa shape index (κ1) is 27.3. The number of alkyl halides is 1. The van der Waals surface area contributed by atoms with E-state index in [9.17, 15) is 13.6 Å². The van der Waals surface area contributed by atoms with Gasteiger partial charge in [-0.1, -0.05) is 45.0 Å². The summed E-state index contributed by atoms with van der Waals surface area (Å²) in [6.07, 6.45) is -2.85. The Balaban J connectivity index is 0.00000164. The van der Waals surface area contributed by atoms with Crippen molar-refractivity contribution < 1.29 is 32.9 Å². The van der Waals surface area contributed by atoms with Crippen LogP contribution in [0.2, 0.25) is 0 Å². The maximum Gasteiger partial charge on any atom is 0.492 e. The van der Waals surface area contributed by atoms with Crippen LogP contribution in [0.4, 0.5) is 19.0 Å². The number of halogens is 3. The second-order valence-electron chi connectivity index (χ2n) is 8.61. The van der Waals surface area contributed by atoms with Gasteiger partial charge < -0.3 is 29.6 Å². The van der Waals surface area contributed by atoms with Crippen molar-refractivity contribution in [2.75, 3.05) is 31.2 Å². The van der Waals surface area contributed by atoms with E-state index in [0.717, 1.165) is 6.07 Å². The Bertz CT molecular complexity index is 1520. The Labute approximate surface area is 215 Å². The summed E-state index contributed by atoms with van der Waals surface area (Å²) < 4.78 is 54.0. The van der Waals surface area contributed by atoms with E-state index in [-0.39, 0.29) is 44.7 Å². The lowest BCUT2D eigenvalue weighted by Crippen LogP contribution is -2.32. The third kappa shape index (κ3) is 5.42. The molecule has 1 saturated heterocycles. The molecule has 0 radical (unpaired) electrons. The number of aromatic amines is 1. The minimum atomic E-state index is -4.18. The summed E-state index contributed by atoms with van der Waals surface area (Å²) in [5.74, 6) is -2.50. The Morgan fingerprint density at radius 3 is 2.71 bits per heavy atom. The minimum absolute atomic E-state index is 0.0262. The standard InChI is InChI=1S/C24H21F3N4O5.C2H6/c1-12-10-31(7-8-35-11-12)22-15-9-28-19(18(26)20(15)29-23(32)30-22)14-4-2-3-13-5-6-16(25)21(17(13)14)36-24(27,33)34;1-2/h2-6,9,12,33-34H,7-8,10-11H2,1H3,(H,29,30,32);1-2H3. The van der Waals surface area contributed by atoms with Crippen LogP contribution in [0.25, 0.3) is 32.9 Å². The lowest BCUT2D eigenvalue weighted by molar-refractivity contribution is -0.375. The Hall–Kier alpha value is -3.74. The van der Waals surface area contributed by atoms with Crippen LogP contribution in [-0.2, 0) is 4.74 Å². The molecular formula is C26H27F3N4O5. The van der Waals surface area contributed by atoms with Gasteiger partial charge in [0.2, 0.25) is 0 Å². The number of hydrogen-bond acceptors (Lipinski definition) is 8. The number of benzene rings is 2. The Morgan fingerprint density at radius 2 is 1.97 bits per heavy atom. The number of aliphatic hydroxyl groups is 2. The number of H-pyrrole nitrogens is 1. The second-order valence-corrected chi connectivity index (χ2v) is 8.61. The number of anilines is 1. The number of rotatable bonds is 4. The number of ether oxygens (including phenoxy) is 2. The fraction of sp³-hybridized carbons (Fsp3) is 0.346. The van der Waals surface area contributed by atoms with Crippen molar-refractivity contribution in [3.63, 3.8) is 0 Å². The van der Waals surface area contributed by atoms with Crippen LogP contribution in [0.5, 0.6) is 5.75 Å². The van der Waals surface area contributed by atoms with E-state index in [2.05, 4.69) is 19.7 Å². The highest BCUT2D eigenvalue weighted by Crippen LogP contribution is 2.40. The normalized spacial score (nSPS) is 16.2. The third-order valence-corrected chi connectivity index (χ3v) is 5.88. The molecular weight excluding hydrogens is 505 g/mol. The molecule has 0 aliphatic carbocycles. The van der Waals surface area contributed by atoms with Gasteiger partial charge in [0.05, 0.1) is 24.1 Å². The van der Waals surface area contributed by atoms with Crippen LogP contribution in [0.15, 0.2) is 41.3 Å². The molecule has 0 amide bonds. The Morgan fingerprint density at radius 1 is 1.21 bits per heavy atom. The van der Waals surface area contributed by atoms with E-state index in [1.807, 2.05) is 25.7 Å². The maximum absolute atomic E-state index is 15.9. The molecule has 0 bridgehead atoms. The van der Waals surface area contributed by atoms with Gasteiger partial charge in [-0.25, -0.2) is 13.6 Å². The number of nitrogens with one attached hydrogen (secondary N) is 1. The number of hydrogen-bond donors (Lipinski definition) is 3. The molecule has 1 aliphatic rings. The van der Waals surface area contributed by atoms with Crippen LogP contribution in [0.3, 0.4) is 0 Å². The van der Waals surface area contributed by atoms with Crippen molar-refractivity contribution >= 4 is 27.5 Å². The van der Waals surface area contributed by atoms with Gasteiger partial charge in [0.1, 0.15) is 11.5 Å². The van der Waals surface area contributed by atoms with E-state index in [1.54, 1.807) is 0 Å². The predicted octanol–water partition coefficient (Wildman–Crippen LogP) is 3.86. The van der Waals surface area contributed by atoms with Gasteiger partial charge in [0.15, 0.2) is 17.4 Å². The lowest BCUT2D eigenvalue weighted by Gasteiger charge is -2.24. The molecule has 38 heavy (non-hydrogen) atoms. The van der Waals surface area contributed by atoms with Gasteiger partial charge in [-0.05, 0) is 17.4 Å². The fourth-order valence-electron chi connectivity index (χ4n) is 4.42. The topological polar surface area (TPSA) is 121 Å². The highest BCUT2D eigenvalue weighted by molar-refractivity contribution is 6.02.